The fraction of sp³-hybridized carbons (Fsp3) is 0.357. The predicted molar refractivity (Wildman–Crippen MR) is 73.1 cm³/mol. The van der Waals surface area contributed by atoms with E-state index in [2.05, 4.69) is 5.32 Å². The number of carboxylic acid groups (broad SMARTS) is 1. The lowest BCUT2D eigenvalue weighted by atomic mass is 10.1. The van der Waals surface area contributed by atoms with E-state index in [9.17, 15) is 19.5 Å². The minimum atomic E-state index is -1.16. The Bertz CT molecular complexity index is 572. The van der Waals surface area contributed by atoms with Crippen molar-refractivity contribution in [3.63, 3.8) is 0 Å². The summed E-state index contributed by atoms with van der Waals surface area (Å²) in [5.74, 6) is -1.69. The molecule has 112 valence electrons. The number of hydrogen-bond acceptors (Lipinski definition) is 4. The predicted octanol–water partition coefficient (Wildman–Crippen LogP) is 0.110. The van der Waals surface area contributed by atoms with Crippen molar-refractivity contribution in [1.29, 1.82) is 0 Å². The molecule has 1 aliphatic rings. The van der Waals surface area contributed by atoms with Gasteiger partial charge in [0.05, 0.1) is 12.2 Å². The van der Waals surface area contributed by atoms with Crippen molar-refractivity contribution in [1.82, 2.24) is 10.2 Å². The second kappa shape index (κ2) is 6.25. The first kappa shape index (κ1) is 14.8. The normalized spacial score (nSPS) is 18.0. The molecule has 7 nitrogen and oxygen atoms in total. The van der Waals surface area contributed by atoms with Gasteiger partial charge in [-0.3, -0.25) is 9.59 Å². The molecule has 2 rings (SSSR count). The summed E-state index contributed by atoms with van der Waals surface area (Å²) < 4.78 is 5.38. The minimum Gasteiger partial charge on any atom is -0.493 e. The average molecular weight is 292 g/mol. The number of amides is 2. The van der Waals surface area contributed by atoms with Crippen LogP contribution in [0.1, 0.15) is 17.3 Å². The highest BCUT2D eigenvalue weighted by molar-refractivity contribution is 6.01. The fourth-order valence-electron chi connectivity index (χ4n) is 2.15. The van der Waals surface area contributed by atoms with E-state index in [1.54, 1.807) is 31.2 Å². The number of aliphatic carboxylic acids is 1. The Morgan fingerprint density at radius 2 is 2.14 bits per heavy atom. The highest BCUT2D eigenvalue weighted by Crippen LogP contribution is 2.21. The molecule has 0 aromatic heterocycles. The maximum absolute atomic E-state index is 12.6. The van der Waals surface area contributed by atoms with Crippen LogP contribution >= 0.6 is 0 Å². The van der Waals surface area contributed by atoms with Crippen molar-refractivity contribution >= 4 is 17.8 Å². The lowest BCUT2D eigenvalue weighted by Gasteiger charge is -2.33. The van der Waals surface area contributed by atoms with E-state index in [4.69, 9.17) is 4.74 Å². The monoisotopic (exact) mass is 292 g/mol. The van der Waals surface area contributed by atoms with Gasteiger partial charge in [0, 0.05) is 6.54 Å². The lowest BCUT2D eigenvalue weighted by molar-refractivity contribution is -0.144. The van der Waals surface area contributed by atoms with Crippen LogP contribution in [0.2, 0.25) is 0 Å². The zero-order chi connectivity index (χ0) is 15.4. The molecule has 1 aromatic rings. The van der Waals surface area contributed by atoms with Gasteiger partial charge < -0.3 is 20.1 Å². The topological polar surface area (TPSA) is 95.9 Å². The Morgan fingerprint density at radius 3 is 2.81 bits per heavy atom. The molecule has 1 atom stereocenters. The molecule has 7 heteroatoms. The molecule has 1 aromatic carbocycles. The third-order valence-corrected chi connectivity index (χ3v) is 3.15. The van der Waals surface area contributed by atoms with Crippen LogP contribution < -0.4 is 10.1 Å². The van der Waals surface area contributed by atoms with Crippen molar-refractivity contribution in [3.8, 4) is 5.75 Å². The third-order valence-electron chi connectivity index (χ3n) is 3.15. The van der Waals surface area contributed by atoms with E-state index in [-0.39, 0.29) is 24.6 Å². The highest BCUT2D eigenvalue weighted by atomic mass is 16.5. The van der Waals surface area contributed by atoms with Gasteiger partial charge in [0.1, 0.15) is 18.3 Å². The summed E-state index contributed by atoms with van der Waals surface area (Å²) >= 11 is 0. The molecule has 1 heterocycles. The van der Waals surface area contributed by atoms with Crippen LogP contribution in [0.25, 0.3) is 0 Å². The Morgan fingerprint density at radius 1 is 1.43 bits per heavy atom. The van der Waals surface area contributed by atoms with Gasteiger partial charge in [-0.1, -0.05) is 12.1 Å². The smallest absolute Gasteiger partial charge is 0.328 e. The number of nitrogens with one attached hydrogen (secondary N) is 1. The van der Waals surface area contributed by atoms with Crippen molar-refractivity contribution in [3.05, 3.63) is 29.8 Å². The molecule has 2 amide bonds. The summed E-state index contributed by atoms with van der Waals surface area (Å²) in [4.78, 5) is 36.3. The second-order valence-corrected chi connectivity index (χ2v) is 4.52. The number of benzene rings is 1. The zero-order valence-corrected chi connectivity index (χ0v) is 11.5. The highest BCUT2D eigenvalue weighted by Gasteiger charge is 2.36. The Labute approximate surface area is 121 Å². The molecule has 0 aliphatic carbocycles. The van der Waals surface area contributed by atoms with Crippen LogP contribution in [-0.4, -0.2) is 53.5 Å². The van der Waals surface area contributed by atoms with Crippen LogP contribution in [0.5, 0.6) is 5.75 Å². The molecule has 21 heavy (non-hydrogen) atoms. The first-order valence-corrected chi connectivity index (χ1v) is 6.57. The van der Waals surface area contributed by atoms with Crippen LogP contribution in [0.3, 0.4) is 0 Å². The number of carbonyl (C=O) groups is 3. The largest absolute Gasteiger partial charge is 0.493 e. The zero-order valence-electron chi connectivity index (χ0n) is 11.5. The van der Waals surface area contributed by atoms with Crippen LogP contribution in [-0.2, 0) is 9.59 Å². The van der Waals surface area contributed by atoms with Gasteiger partial charge in [-0.2, -0.15) is 0 Å². The first-order valence-electron chi connectivity index (χ1n) is 6.57. The molecule has 2 N–H and O–H groups in total. The molecule has 1 fully saturated rings. The van der Waals surface area contributed by atoms with Crippen LogP contribution in [0.15, 0.2) is 24.3 Å². The van der Waals surface area contributed by atoms with Crippen LogP contribution in [0, 0.1) is 0 Å². The molecular weight excluding hydrogens is 276 g/mol. The molecule has 1 unspecified atom stereocenters. The van der Waals surface area contributed by atoms with E-state index in [1.165, 1.54) is 0 Å². The quantitative estimate of drug-likeness (QED) is 0.821. The summed E-state index contributed by atoms with van der Waals surface area (Å²) in [7, 11) is 0. The van der Waals surface area contributed by atoms with E-state index >= 15 is 0 Å². The number of piperazine rings is 1. The van der Waals surface area contributed by atoms with Gasteiger partial charge in [0.2, 0.25) is 5.91 Å². The number of ether oxygens (including phenoxy) is 1. The average Bonchev–Trinajstić information content (AvgIpc) is 2.47. The number of carbonyl (C=O) groups excluding carboxylic acids is 2. The molecule has 0 bridgehead atoms. The van der Waals surface area contributed by atoms with Gasteiger partial charge >= 0.3 is 5.97 Å². The summed E-state index contributed by atoms with van der Waals surface area (Å²) in [6.45, 7) is 1.79. The van der Waals surface area contributed by atoms with E-state index in [1.807, 2.05) is 0 Å². The Hall–Kier alpha value is -2.57. The number of hydrogen-bond donors (Lipinski definition) is 2. The molecule has 0 spiro atoms. The maximum atomic E-state index is 12.6. The second-order valence-electron chi connectivity index (χ2n) is 4.52. The van der Waals surface area contributed by atoms with E-state index in [0.29, 0.717) is 12.4 Å². The number of rotatable bonds is 4. The molecule has 1 aliphatic heterocycles. The van der Waals surface area contributed by atoms with Gasteiger partial charge in [-0.15, -0.1) is 0 Å². The van der Waals surface area contributed by atoms with Crippen molar-refractivity contribution in [2.24, 2.45) is 0 Å². The number of nitrogens with zero attached hydrogens (tertiary/aromatic N) is 1. The molecular formula is C14H16N2O5. The van der Waals surface area contributed by atoms with Crippen molar-refractivity contribution in [2.45, 2.75) is 13.0 Å². The third kappa shape index (κ3) is 3.13. The van der Waals surface area contributed by atoms with E-state index in [0.717, 1.165) is 4.90 Å². The lowest BCUT2D eigenvalue weighted by Crippen LogP contribution is -2.59. The Balaban J connectivity index is 2.32. The number of carboxylic acids is 1. The summed E-state index contributed by atoms with van der Waals surface area (Å²) in [5, 5.41) is 11.6. The fourth-order valence-corrected chi connectivity index (χ4v) is 2.15. The number of para-hydroxylation sites is 1. The van der Waals surface area contributed by atoms with Gasteiger partial charge in [-0.05, 0) is 19.1 Å². The minimum absolute atomic E-state index is 0.100. The van der Waals surface area contributed by atoms with Crippen LogP contribution in [0.4, 0.5) is 0 Å². The van der Waals surface area contributed by atoms with E-state index < -0.39 is 17.9 Å². The van der Waals surface area contributed by atoms with Gasteiger partial charge in [0.15, 0.2) is 0 Å². The molecule has 1 saturated heterocycles. The van der Waals surface area contributed by atoms with Crippen molar-refractivity contribution in [2.75, 3.05) is 19.7 Å². The van der Waals surface area contributed by atoms with Gasteiger partial charge in [0.25, 0.3) is 5.91 Å². The Kier molecular flexibility index (Phi) is 4.42. The molecule has 0 radical (unpaired) electrons. The maximum Gasteiger partial charge on any atom is 0.328 e. The molecule has 0 saturated carbocycles. The van der Waals surface area contributed by atoms with Gasteiger partial charge in [-0.25, -0.2) is 4.79 Å². The standard InChI is InChI=1S/C14H16N2O5/c1-2-21-11-6-4-3-5-9(11)13(18)16-8-12(17)15-7-10(16)14(19)20/h3-6,10H,2,7-8H2,1H3,(H,15,17)(H,19,20). The summed E-state index contributed by atoms with van der Waals surface area (Å²) in [6.07, 6.45) is 0. The first-order chi connectivity index (χ1) is 10.0. The summed E-state index contributed by atoms with van der Waals surface area (Å²) in [6, 6.07) is 5.49. The SMILES string of the molecule is CCOc1ccccc1C(=O)N1CC(=O)NCC1C(=O)O. The summed E-state index contributed by atoms with van der Waals surface area (Å²) in [5.41, 5.74) is 0.250. The van der Waals surface area contributed by atoms with Crippen molar-refractivity contribution < 1.29 is 24.2 Å².